The van der Waals surface area contributed by atoms with E-state index in [4.69, 9.17) is 4.42 Å². The number of amides is 1. The number of hydrogen-bond donors (Lipinski definition) is 1. The van der Waals surface area contributed by atoms with E-state index in [1.54, 1.807) is 0 Å². The van der Waals surface area contributed by atoms with Crippen molar-refractivity contribution in [1.82, 2.24) is 10.2 Å². The molecule has 1 N–H and O–H groups in total. The Balaban J connectivity index is 2.09. The highest BCUT2D eigenvalue weighted by atomic mass is 16.3. The molecule has 2 atom stereocenters. The maximum absolute atomic E-state index is 12.6. The Morgan fingerprint density at radius 2 is 2.26 bits per heavy atom. The molecule has 1 aromatic rings. The topological polar surface area (TPSA) is 45.5 Å². The highest BCUT2D eigenvalue weighted by Crippen LogP contribution is 2.20. The van der Waals surface area contributed by atoms with E-state index < -0.39 is 0 Å². The molecule has 2 rings (SSSR count). The lowest BCUT2D eigenvalue weighted by atomic mass is 10.0. The zero-order valence-electron chi connectivity index (χ0n) is 12.3. The molecule has 1 aromatic heterocycles. The molecular weight excluding hydrogens is 240 g/mol. The fourth-order valence-corrected chi connectivity index (χ4v) is 2.60. The minimum absolute atomic E-state index is 0.0431. The summed E-state index contributed by atoms with van der Waals surface area (Å²) in [4.78, 5) is 14.5. The quantitative estimate of drug-likeness (QED) is 0.907. The first-order valence-electron chi connectivity index (χ1n) is 7.08. The monoisotopic (exact) mass is 264 g/mol. The number of carbonyl (C=O) groups is 1. The van der Waals surface area contributed by atoms with Gasteiger partial charge in [-0.05, 0) is 51.8 Å². The molecule has 4 nitrogen and oxygen atoms in total. The largest absolute Gasteiger partial charge is 0.464 e. The first-order valence-corrected chi connectivity index (χ1v) is 7.08. The van der Waals surface area contributed by atoms with Crippen molar-refractivity contribution < 1.29 is 9.21 Å². The number of nitrogens with zero attached hydrogens (tertiary/aromatic N) is 1. The van der Waals surface area contributed by atoms with E-state index in [1.807, 2.05) is 37.8 Å². The van der Waals surface area contributed by atoms with Gasteiger partial charge in [0.05, 0.1) is 12.6 Å². The van der Waals surface area contributed by atoms with Crippen LogP contribution >= 0.6 is 0 Å². The second-order valence-electron chi connectivity index (χ2n) is 5.77. The van der Waals surface area contributed by atoms with Gasteiger partial charge in [0.15, 0.2) is 0 Å². The van der Waals surface area contributed by atoms with Crippen LogP contribution < -0.4 is 5.32 Å². The van der Waals surface area contributed by atoms with Crippen molar-refractivity contribution in [2.45, 2.75) is 52.7 Å². The zero-order chi connectivity index (χ0) is 14.0. The third kappa shape index (κ3) is 3.18. The molecule has 0 spiro atoms. The van der Waals surface area contributed by atoms with Gasteiger partial charge in [-0.2, -0.15) is 0 Å². The van der Waals surface area contributed by atoms with Crippen molar-refractivity contribution in [2.75, 3.05) is 6.54 Å². The first-order chi connectivity index (χ1) is 8.99. The van der Waals surface area contributed by atoms with Gasteiger partial charge >= 0.3 is 0 Å². The van der Waals surface area contributed by atoms with E-state index in [9.17, 15) is 4.79 Å². The third-order valence-corrected chi connectivity index (χ3v) is 3.83. The molecule has 1 saturated heterocycles. The SMILES string of the molecule is Cc1ccc(CN(C(=O)C2NCCC2C)C(C)C)o1. The van der Waals surface area contributed by atoms with Crippen molar-refractivity contribution in [2.24, 2.45) is 5.92 Å². The van der Waals surface area contributed by atoms with E-state index in [-0.39, 0.29) is 18.0 Å². The standard InChI is InChI=1S/C15H24N2O2/c1-10(2)17(9-13-6-5-12(4)19-13)15(18)14-11(3)7-8-16-14/h5-6,10-11,14,16H,7-9H2,1-4H3. The van der Waals surface area contributed by atoms with Crippen LogP contribution in [0.15, 0.2) is 16.5 Å². The number of nitrogens with one attached hydrogen (secondary N) is 1. The number of carbonyl (C=O) groups excluding carboxylic acids is 1. The maximum atomic E-state index is 12.6. The summed E-state index contributed by atoms with van der Waals surface area (Å²) in [5, 5.41) is 3.31. The Morgan fingerprint density at radius 3 is 2.74 bits per heavy atom. The molecule has 1 fully saturated rings. The van der Waals surface area contributed by atoms with Crippen molar-refractivity contribution in [3.8, 4) is 0 Å². The zero-order valence-corrected chi connectivity index (χ0v) is 12.3. The van der Waals surface area contributed by atoms with E-state index >= 15 is 0 Å². The second-order valence-corrected chi connectivity index (χ2v) is 5.77. The van der Waals surface area contributed by atoms with Gasteiger partial charge in [-0.25, -0.2) is 0 Å². The molecular formula is C15H24N2O2. The Morgan fingerprint density at radius 1 is 1.53 bits per heavy atom. The van der Waals surface area contributed by atoms with E-state index in [0.29, 0.717) is 12.5 Å². The van der Waals surface area contributed by atoms with Crippen LogP contribution in [-0.4, -0.2) is 29.4 Å². The number of rotatable bonds is 4. The summed E-state index contributed by atoms with van der Waals surface area (Å²) in [5.41, 5.74) is 0. The van der Waals surface area contributed by atoms with Crippen LogP contribution in [0.25, 0.3) is 0 Å². The van der Waals surface area contributed by atoms with Gasteiger partial charge in [0.1, 0.15) is 11.5 Å². The highest BCUT2D eigenvalue weighted by molar-refractivity contribution is 5.82. The normalized spacial score (nSPS) is 23.0. The average Bonchev–Trinajstić information content (AvgIpc) is 2.94. The average molecular weight is 264 g/mol. The van der Waals surface area contributed by atoms with Crippen LogP contribution in [0.4, 0.5) is 0 Å². The van der Waals surface area contributed by atoms with Crippen LogP contribution in [0, 0.1) is 12.8 Å². The number of furan rings is 1. The molecule has 1 amide bonds. The summed E-state index contributed by atoms with van der Waals surface area (Å²) in [7, 11) is 0. The molecule has 19 heavy (non-hydrogen) atoms. The van der Waals surface area contributed by atoms with Crippen LogP contribution in [0.2, 0.25) is 0 Å². The molecule has 1 aliphatic rings. The van der Waals surface area contributed by atoms with E-state index in [0.717, 1.165) is 24.5 Å². The highest BCUT2D eigenvalue weighted by Gasteiger charge is 2.33. The minimum Gasteiger partial charge on any atom is -0.464 e. The summed E-state index contributed by atoms with van der Waals surface area (Å²) < 4.78 is 5.59. The van der Waals surface area contributed by atoms with Gasteiger partial charge < -0.3 is 14.6 Å². The summed E-state index contributed by atoms with van der Waals surface area (Å²) in [6.07, 6.45) is 1.07. The number of hydrogen-bond acceptors (Lipinski definition) is 3. The Bertz CT molecular complexity index is 439. The van der Waals surface area contributed by atoms with Crippen molar-refractivity contribution in [1.29, 1.82) is 0 Å². The Labute approximate surface area is 115 Å². The Kier molecular flexibility index (Phi) is 4.30. The smallest absolute Gasteiger partial charge is 0.240 e. The minimum atomic E-state index is -0.0431. The van der Waals surface area contributed by atoms with Gasteiger partial charge in [0.2, 0.25) is 5.91 Å². The molecule has 2 unspecified atom stereocenters. The van der Waals surface area contributed by atoms with Gasteiger partial charge in [-0.3, -0.25) is 4.79 Å². The predicted octanol–water partition coefficient (Wildman–Crippen LogP) is 2.32. The lowest BCUT2D eigenvalue weighted by Crippen LogP contribution is -2.48. The van der Waals surface area contributed by atoms with Crippen molar-refractivity contribution >= 4 is 5.91 Å². The third-order valence-electron chi connectivity index (χ3n) is 3.83. The van der Waals surface area contributed by atoms with Crippen LogP contribution in [-0.2, 0) is 11.3 Å². The molecule has 0 aliphatic carbocycles. The van der Waals surface area contributed by atoms with Gasteiger partial charge in [0, 0.05) is 6.04 Å². The van der Waals surface area contributed by atoms with Gasteiger partial charge in [-0.15, -0.1) is 0 Å². The summed E-state index contributed by atoms with van der Waals surface area (Å²) in [6, 6.07) is 4.02. The predicted molar refractivity (Wildman–Crippen MR) is 74.7 cm³/mol. The molecule has 106 valence electrons. The summed E-state index contributed by atoms with van der Waals surface area (Å²) in [6.45, 7) is 9.64. The van der Waals surface area contributed by atoms with Crippen LogP contribution in [0.1, 0.15) is 38.7 Å². The summed E-state index contributed by atoms with van der Waals surface area (Å²) in [5.74, 6) is 2.34. The molecule has 0 saturated carbocycles. The lowest BCUT2D eigenvalue weighted by molar-refractivity contribution is -0.136. The fraction of sp³-hybridized carbons (Fsp3) is 0.667. The van der Waals surface area contributed by atoms with Crippen molar-refractivity contribution in [3.63, 3.8) is 0 Å². The van der Waals surface area contributed by atoms with E-state index in [2.05, 4.69) is 12.2 Å². The number of aryl methyl sites for hydroxylation is 1. The lowest BCUT2D eigenvalue weighted by Gasteiger charge is -2.30. The second kappa shape index (κ2) is 5.78. The molecule has 0 bridgehead atoms. The van der Waals surface area contributed by atoms with Crippen LogP contribution in [0.3, 0.4) is 0 Å². The molecule has 0 aromatic carbocycles. The molecule has 1 aliphatic heterocycles. The van der Waals surface area contributed by atoms with Gasteiger partial charge in [0.25, 0.3) is 0 Å². The first kappa shape index (κ1) is 14.1. The molecule has 0 radical (unpaired) electrons. The molecule has 4 heteroatoms. The van der Waals surface area contributed by atoms with Gasteiger partial charge in [-0.1, -0.05) is 6.92 Å². The Hall–Kier alpha value is -1.29. The maximum Gasteiger partial charge on any atom is 0.240 e. The van der Waals surface area contributed by atoms with Crippen molar-refractivity contribution in [3.05, 3.63) is 23.7 Å². The van der Waals surface area contributed by atoms with E-state index in [1.165, 1.54) is 0 Å². The van der Waals surface area contributed by atoms with Crippen LogP contribution in [0.5, 0.6) is 0 Å². The molecule has 2 heterocycles. The fourth-order valence-electron chi connectivity index (χ4n) is 2.60. The summed E-state index contributed by atoms with van der Waals surface area (Å²) >= 11 is 0.